The van der Waals surface area contributed by atoms with Crippen molar-refractivity contribution in [1.82, 2.24) is 14.5 Å². The Kier molecular flexibility index (Phi) is 4.60. The number of para-hydroxylation sites is 3. The molecule has 0 spiro atoms. The molecule has 3 heterocycles. The van der Waals surface area contributed by atoms with Crippen LogP contribution in [-0.2, 0) is 15.1 Å². The molecular formula is C25H27N5O3. The summed E-state index contributed by atoms with van der Waals surface area (Å²) in [6.07, 6.45) is 0.801. The number of carbonyl (C=O) groups excluding carboxylic acids is 3. The number of imidazole rings is 1. The maximum Gasteiger partial charge on any atom is 0.258 e. The van der Waals surface area contributed by atoms with Gasteiger partial charge in [-0.05, 0) is 58.4 Å². The van der Waals surface area contributed by atoms with Crippen LogP contribution in [0.5, 0.6) is 0 Å². The molecule has 1 aromatic heterocycles. The quantitative estimate of drug-likeness (QED) is 0.666. The summed E-state index contributed by atoms with van der Waals surface area (Å²) in [5, 5.41) is 2.92. The van der Waals surface area contributed by atoms with Gasteiger partial charge in [0.2, 0.25) is 17.8 Å². The van der Waals surface area contributed by atoms with Crippen LogP contribution >= 0.6 is 0 Å². The summed E-state index contributed by atoms with van der Waals surface area (Å²) < 4.78 is 1.99. The van der Waals surface area contributed by atoms with Gasteiger partial charge in [-0.25, -0.2) is 4.98 Å². The van der Waals surface area contributed by atoms with Crippen LogP contribution in [-0.4, -0.2) is 44.4 Å². The van der Waals surface area contributed by atoms with E-state index in [2.05, 4.69) is 10.3 Å². The molecule has 1 atom stereocenters. The maximum atomic E-state index is 13.4. The summed E-state index contributed by atoms with van der Waals surface area (Å²) >= 11 is 0. The predicted molar refractivity (Wildman–Crippen MR) is 126 cm³/mol. The van der Waals surface area contributed by atoms with Crippen molar-refractivity contribution in [1.29, 1.82) is 0 Å². The molecule has 2 aromatic carbocycles. The van der Waals surface area contributed by atoms with E-state index in [1.807, 2.05) is 62.6 Å². The first-order chi connectivity index (χ1) is 15.6. The lowest BCUT2D eigenvalue weighted by atomic mass is 9.98. The molecule has 2 aliphatic rings. The van der Waals surface area contributed by atoms with Crippen molar-refractivity contribution < 1.29 is 14.4 Å². The van der Waals surface area contributed by atoms with Crippen LogP contribution in [0.2, 0.25) is 0 Å². The molecule has 3 amide bonds. The number of carbonyl (C=O) groups is 3. The Hall–Kier alpha value is -3.68. The largest absolute Gasteiger partial charge is 0.306 e. The predicted octanol–water partition coefficient (Wildman–Crippen LogP) is 3.73. The first-order valence-corrected chi connectivity index (χ1v) is 11.1. The number of rotatable bonds is 3. The van der Waals surface area contributed by atoms with Gasteiger partial charge in [-0.3, -0.25) is 24.6 Å². The van der Waals surface area contributed by atoms with E-state index >= 15 is 0 Å². The summed E-state index contributed by atoms with van der Waals surface area (Å²) in [5.41, 5.74) is 1.54. The van der Waals surface area contributed by atoms with E-state index in [0.29, 0.717) is 30.0 Å². The second-order valence-electron chi connectivity index (χ2n) is 9.83. The van der Waals surface area contributed by atoms with Gasteiger partial charge in [0.1, 0.15) is 12.2 Å². The number of anilines is 2. The maximum absolute atomic E-state index is 13.4. The number of hydrogen-bond donors (Lipinski definition) is 1. The molecule has 1 fully saturated rings. The topological polar surface area (TPSA) is 87.5 Å². The molecule has 0 saturated carbocycles. The smallest absolute Gasteiger partial charge is 0.258 e. The number of fused-ring (bicyclic) bond motifs is 4. The van der Waals surface area contributed by atoms with Crippen molar-refractivity contribution in [3.05, 3.63) is 54.1 Å². The summed E-state index contributed by atoms with van der Waals surface area (Å²) in [6, 6.07) is 14.8. The van der Waals surface area contributed by atoms with E-state index in [4.69, 9.17) is 0 Å². The van der Waals surface area contributed by atoms with Crippen LogP contribution in [0.15, 0.2) is 48.5 Å². The minimum Gasteiger partial charge on any atom is -0.306 e. The van der Waals surface area contributed by atoms with Crippen molar-refractivity contribution in [2.45, 2.75) is 51.7 Å². The second-order valence-corrected chi connectivity index (χ2v) is 9.83. The van der Waals surface area contributed by atoms with Gasteiger partial charge in [0.25, 0.3) is 5.91 Å². The highest BCUT2D eigenvalue weighted by atomic mass is 16.2. The Balaban J connectivity index is 1.49. The third kappa shape index (κ3) is 3.20. The lowest BCUT2D eigenvalue weighted by Crippen LogP contribution is -2.63. The van der Waals surface area contributed by atoms with Crippen molar-refractivity contribution >= 4 is 40.4 Å². The van der Waals surface area contributed by atoms with Gasteiger partial charge in [0.15, 0.2) is 0 Å². The fourth-order valence-corrected chi connectivity index (χ4v) is 5.04. The van der Waals surface area contributed by atoms with Crippen molar-refractivity contribution in [3.8, 4) is 0 Å². The molecule has 170 valence electrons. The first kappa shape index (κ1) is 21.2. The number of aromatic nitrogens is 2. The summed E-state index contributed by atoms with van der Waals surface area (Å²) in [6.45, 7) is 7.81. The molecular weight excluding hydrogens is 418 g/mol. The van der Waals surface area contributed by atoms with Gasteiger partial charge >= 0.3 is 0 Å². The number of hydrogen-bond acceptors (Lipinski definition) is 4. The number of nitrogens with one attached hydrogen (secondary N) is 1. The first-order valence-electron chi connectivity index (χ1n) is 11.1. The van der Waals surface area contributed by atoms with Crippen molar-refractivity contribution in [2.75, 3.05) is 16.8 Å². The third-order valence-corrected chi connectivity index (χ3v) is 6.53. The lowest BCUT2D eigenvalue weighted by Gasteiger charge is -2.48. The lowest BCUT2D eigenvalue weighted by molar-refractivity contribution is -0.120. The van der Waals surface area contributed by atoms with Crippen LogP contribution in [0.3, 0.4) is 0 Å². The number of amides is 3. The number of benzene rings is 2. The third-order valence-electron chi connectivity index (χ3n) is 6.53. The van der Waals surface area contributed by atoms with Gasteiger partial charge < -0.3 is 9.47 Å². The summed E-state index contributed by atoms with van der Waals surface area (Å²) in [4.78, 5) is 47.2. The van der Waals surface area contributed by atoms with E-state index < -0.39 is 5.66 Å². The SMILES string of the molecule is CC12CCC(=O)N1c1ccccc1C(=O)N2CC(=O)Nc1nc2ccccc2n1C(C)(C)C. The highest BCUT2D eigenvalue weighted by Gasteiger charge is 2.53. The van der Waals surface area contributed by atoms with E-state index in [1.54, 1.807) is 23.1 Å². The fourth-order valence-electron chi connectivity index (χ4n) is 5.04. The molecule has 0 radical (unpaired) electrons. The summed E-state index contributed by atoms with van der Waals surface area (Å²) in [7, 11) is 0. The van der Waals surface area contributed by atoms with Gasteiger partial charge in [-0.1, -0.05) is 24.3 Å². The van der Waals surface area contributed by atoms with Gasteiger partial charge in [0.05, 0.1) is 22.3 Å². The zero-order valence-corrected chi connectivity index (χ0v) is 19.3. The molecule has 2 aliphatic heterocycles. The molecule has 0 bridgehead atoms. The van der Waals surface area contributed by atoms with E-state index in [1.165, 1.54) is 4.90 Å². The Bertz CT molecular complexity index is 1300. The summed E-state index contributed by atoms with van der Waals surface area (Å²) in [5.74, 6) is -0.219. The van der Waals surface area contributed by atoms with Crippen molar-refractivity contribution in [2.24, 2.45) is 0 Å². The highest BCUT2D eigenvalue weighted by molar-refractivity contribution is 6.11. The van der Waals surface area contributed by atoms with Crippen LogP contribution in [0.4, 0.5) is 11.6 Å². The van der Waals surface area contributed by atoms with Crippen molar-refractivity contribution in [3.63, 3.8) is 0 Å². The molecule has 1 N–H and O–H groups in total. The van der Waals surface area contributed by atoms with Crippen LogP contribution in [0.25, 0.3) is 11.0 Å². The highest BCUT2D eigenvalue weighted by Crippen LogP contribution is 2.43. The monoisotopic (exact) mass is 445 g/mol. The minimum atomic E-state index is -0.885. The van der Waals surface area contributed by atoms with E-state index in [9.17, 15) is 14.4 Å². The molecule has 3 aromatic rings. The van der Waals surface area contributed by atoms with E-state index in [0.717, 1.165) is 11.0 Å². The van der Waals surface area contributed by atoms with Crippen LogP contribution in [0.1, 0.15) is 50.9 Å². The van der Waals surface area contributed by atoms with Crippen LogP contribution in [0, 0.1) is 0 Å². The second kappa shape index (κ2) is 7.16. The average Bonchev–Trinajstić information content (AvgIpc) is 3.28. The van der Waals surface area contributed by atoms with Crippen LogP contribution < -0.4 is 10.2 Å². The van der Waals surface area contributed by atoms with Gasteiger partial charge in [-0.2, -0.15) is 0 Å². The average molecular weight is 446 g/mol. The normalized spacial score (nSPS) is 20.2. The number of nitrogens with zero attached hydrogens (tertiary/aromatic N) is 4. The van der Waals surface area contributed by atoms with E-state index in [-0.39, 0.29) is 29.8 Å². The molecule has 8 nitrogen and oxygen atoms in total. The molecule has 33 heavy (non-hydrogen) atoms. The molecule has 1 unspecified atom stereocenters. The van der Waals surface area contributed by atoms with Gasteiger partial charge in [0, 0.05) is 12.0 Å². The molecule has 8 heteroatoms. The Morgan fingerprint density at radius 3 is 2.55 bits per heavy atom. The Morgan fingerprint density at radius 1 is 1.09 bits per heavy atom. The molecule has 5 rings (SSSR count). The zero-order chi connectivity index (χ0) is 23.5. The molecule has 1 saturated heterocycles. The zero-order valence-electron chi connectivity index (χ0n) is 19.3. The standard InChI is InChI=1S/C25H27N5O3/c1-24(2,3)30-19-12-8-6-10-17(19)26-23(30)27-20(31)15-28-22(33)16-9-5-7-11-18(16)29-21(32)13-14-25(28,29)4/h5-12H,13-15H2,1-4H3,(H,26,27,31). The Morgan fingerprint density at radius 2 is 1.79 bits per heavy atom. The Labute approximate surface area is 192 Å². The molecule has 0 aliphatic carbocycles. The fraction of sp³-hybridized carbons (Fsp3) is 0.360. The minimum absolute atomic E-state index is 0.0441. The van der Waals surface area contributed by atoms with Gasteiger partial charge in [-0.15, -0.1) is 0 Å².